The number of rotatable bonds is 4. The minimum atomic E-state index is -3.19. The Morgan fingerprint density at radius 3 is 2.46 bits per heavy atom. The zero-order valence-corrected chi connectivity index (χ0v) is 14.5. The fourth-order valence-corrected chi connectivity index (χ4v) is 4.43. The average Bonchev–Trinajstić information content (AvgIpc) is 2.90. The van der Waals surface area contributed by atoms with Crippen LogP contribution >= 0.6 is 11.6 Å². The Labute approximate surface area is 146 Å². The van der Waals surface area contributed by atoms with Crippen molar-refractivity contribution in [2.24, 2.45) is 0 Å². The van der Waals surface area contributed by atoms with Gasteiger partial charge < -0.3 is 5.32 Å². The van der Waals surface area contributed by atoms with Gasteiger partial charge in [0.2, 0.25) is 15.9 Å². The fraction of sp³-hybridized carbons (Fsp3) is 0.235. The van der Waals surface area contributed by atoms with Crippen LogP contribution in [0.25, 0.3) is 0 Å². The topological polar surface area (TPSA) is 66.5 Å². The summed E-state index contributed by atoms with van der Waals surface area (Å²) in [7, 11) is -3.19. The second kappa shape index (κ2) is 6.83. The van der Waals surface area contributed by atoms with Crippen LogP contribution in [0.5, 0.6) is 0 Å². The van der Waals surface area contributed by atoms with Crippen LogP contribution in [-0.2, 0) is 21.2 Å². The minimum Gasteiger partial charge on any atom is -0.326 e. The molecular formula is C17H17ClN2O3S. The molecule has 0 bridgehead atoms. The molecule has 1 N–H and O–H groups in total. The third kappa shape index (κ3) is 3.71. The van der Waals surface area contributed by atoms with Crippen molar-refractivity contribution < 1.29 is 13.2 Å². The minimum absolute atomic E-state index is 0.176. The van der Waals surface area contributed by atoms with Gasteiger partial charge in [-0.2, -0.15) is 0 Å². The van der Waals surface area contributed by atoms with Crippen molar-refractivity contribution >= 4 is 38.9 Å². The van der Waals surface area contributed by atoms with E-state index < -0.39 is 10.0 Å². The second-order valence-corrected chi connectivity index (χ2v) is 8.02. The molecule has 0 aromatic heterocycles. The van der Waals surface area contributed by atoms with Crippen LogP contribution in [0.2, 0.25) is 5.02 Å². The highest BCUT2D eigenvalue weighted by atomic mass is 35.5. The van der Waals surface area contributed by atoms with Crippen LogP contribution in [0.3, 0.4) is 0 Å². The number of halogens is 1. The average molecular weight is 365 g/mol. The van der Waals surface area contributed by atoms with E-state index in [1.54, 1.807) is 30.3 Å². The van der Waals surface area contributed by atoms with Crippen LogP contribution < -0.4 is 9.62 Å². The quantitative estimate of drug-likeness (QED) is 0.906. The predicted octanol–water partition coefficient (Wildman–Crippen LogP) is 3.06. The lowest BCUT2D eigenvalue weighted by atomic mass is 10.1. The molecule has 1 amide bonds. The number of amides is 1. The SMILES string of the molecule is O=C(Cc1ccccc1Cl)Nc1ccc(N2CCCS2(=O)=O)cc1. The molecule has 2 aromatic carbocycles. The van der Waals surface area contributed by atoms with E-state index in [2.05, 4.69) is 5.32 Å². The van der Waals surface area contributed by atoms with E-state index in [0.29, 0.717) is 29.4 Å². The molecular weight excluding hydrogens is 348 g/mol. The fourth-order valence-electron chi connectivity index (χ4n) is 2.66. The van der Waals surface area contributed by atoms with Crippen LogP contribution in [0.1, 0.15) is 12.0 Å². The molecule has 0 saturated carbocycles. The standard InChI is InChI=1S/C17H17ClN2O3S/c18-16-5-2-1-4-13(16)12-17(21)19-14-6-8-15(9-7-14)20-10-3-11-24(20,22)23/h1-2,4-9H,3,10-12H2,(H,19,21). The number of hydrogen-bond donors (Lipinski definition) is 1. The third-order valence-corrected chi connectivity index (χ3v) is 6.09. The molecule has 1 aliphatic heterocycles. The van der Waals surface area contributed by atoms with Gasteiger partial charge in [0.15, 0.2) is 0 Å². The number of anilines is 2. The van der Waals surface area contributed by atoms with E-state index in [-0.39, 0.29) is 18.1 Å². The number of hydrogen-bond acceptors (Lipinski definition) is 3. The van der Waals surface area contributed by atoms with E-state index in [1.807, 2.05) is 18.2 Å². The highest BCUT2D eigenvalue weighted by Gasteiger charge is 2.28. The molecule has 3 rings (SSSR count). The first-order chi connectivity index (χ1) is 11.5. The van der Waals surface area contributed by atoms with Gasteiger partial charge in [0.05, 0.1) is 17.9 Å². The summed E-state index contributed by atoms with van der Waals surface area (Å²) in [5.74, 6) is 0.00760. The van der Waals surface area contributed by atoms with Crippen molar-refractivity contribution in [3.05, 3.63) is 59.1 Å². The van der Waals surface area contributed by atoms with Gasteiger partial charge in [0.25, 0.3) is 0 Å². The Bertz CT molecular complexity index is 850. The lowest BCUT2D eigenvalue weighted by Crippen LogP contribution is -2.25. The smallest absolute Gasteiger partial charge is 0.235 e. The van der Waals surface area contributed by atoms with Gasteiger partial charge in [-0.05, 0) is 42.3 Å². The molecule has 0 radical (unpaired) electrons. The zero-order valence-electron chi connectivity index (χ0n) is 12.9. The van der Waals surface area contributed by atoms with E-state index in [1.165, 1.54) is 4.31 Å². The van der Waals surface area contributed by atoms with E-state index in [4.69, 9.17) is 11.6 Å². The van der Waals surface area contributed by atoms with Crippen molar-refractivity contribution in [1.82, 2.24) is 0 Å². The van der Waals surface area contributed by atoms with Gasteiger partial charge >= 0.3 is 0 Å². The number of sulfonamides is 1. The van der Waals surface area contributed by atoms with Crippen LogP contribution in [0, 0.1) is 0 Å². The Balaban J connectivity index is 1.66. The number of carbonyl (C=O) groups is 1. The first-order valence-electron chi connectivity index (χ1n) is 7.59. The lowest BCUT2D eigenvalue weighted by Gasteiger charge is -2.17. The molecule has 2 aromatic rings. The maximum Gasteiger partial charge on any atom is 0.235 e. The monoisotopic (exact) mass is 364 g/mol. The van der Waals surface area contributed by atoms with Crippen molar-refractivity contribution in [3.63, 3.8) is 0 Å². The van der Waals surface area contributed by atoms with Gasteiger partial charge in [-0.25, -0.2) is 8.42 Å². The summed E-state index contributed by atoms with van der Waals surface area (Å²) >= 11 is 6.05. The molecule has 1 aliphatic rings. The highest BCUT2D eigenvalue weighted by molar-refractivity contribution is 7.93. The second-order valence-electron chi connectivity index (χ2n) is 5.60. The normalized spacial score (nSPS) is 16.1. The van der Waals surface area contributed by atoms with Gasteiger partial charge in [0, 0.05) is 17.3 Å². The molecule has 126 valence electrons. The first-order valence-corrected chi connectivity index (χ1v) is 9.58. The Morgan fingerprint density at radius 2 is 1.83 bits per heavy atom. The van der Waals surface area contributed by atoms with Gasteiger partial charge in [-0.1, -0.05) is 29.8 Å². The molecule has 0 spiro atoms. The summed E-state index contributed by atoms with van der Waals surface area (Å²) < 4.78 is 25.2. The summed E-state index contributed by atoms with van der Waals surface area (Å²) in [6.07, 6.45) is 0.820. The molecule has 24 heavy (non-hydrogen) atoms. The summed E-state index contributed by atoms with van der Waals surface area (Å²) in [6, 6.07) is 14.0. The van der Waals surface area contributed by atoms with Crippen molar-refractivity contribution in [1.29, 1.82) is 0 Å². The number of carbonyl (C=O) groups excluding carboxylic acids is 1. The molecule has 0 unspecified atom stereocenters. The van der Waals surface area contributed by atoms with Crippen molar-refractivity contribution in [3.8, 4) is 0 Å². The molecule has 0 aliphatic carbocycles. The summed E-state index contributed by atoms with van der Waals surface area (Å²) in [4.78, 5) is 12.1. The summed E-state index contributed by atoms with van der Waals surface area (Å²) in [6.45, 7) is 0.501. The molecule has 1 heterocycles. The summed E-state index contributed by atoms with van der Waals surface area (Å²) in [5.41, 5.74) is 2.00. The Hall–Kier alpha value is -2.05. The first kappa shape index (κ1) is 16.8. The lowest BCUT2D eigenvalue weighted by molar-refractivity contribution is -0.115. The molecule has 0 atom stereocenters. The van der Waals surface area contributed by atoms with Gasteiger partial charge in [-0.3, -0.25) is 9.10 Å². The largest absolute Gasteiger partial charge is 0.326 e. The predicted molar refractivity (Wildman–Crippen MR) is 96.0 cm³/mol. The van der Waals surface area contributed by atoms with Crippen molar-refractivity contribution in [2.45, 2.75) is 12.8 Å². The highest BCUT2D eigenvalue weighted by Crippen LogP contribution is 2.25. The van der Waals surface area contributed by atoms with Crippen LogP contribution in [-0.4, -0.2) is 26.6 Å². The van der Waals surface area contributed by atoms with E-state index in [9.17, 15) is 13.2 Å². The molecule has 7 heteroatoms. The van der Waals surface area contributed by atoms with Crippen LogP contribution in [0.15, 0.2) is 48.5 Å². The maximum absolute atomic E-state index is 12.1. The van der Waals surface area contributed by atoms with Gasteiger partial charge in [0.1, 0.15) is 0 Å². The third-order valence-electron chi connectivity index (χ3n) is 3.85. The molecule has 1 fully saturated rings. The number of nitrogens with zero attached hydrogens (tertiary/aromatic N) is 1. The molecule has 1 saturated heterocycles. The maximum atomic E-state index is 12.1. The van der Waals surface area contributed by atoms with E-state index in [0.717, 1.165) is 5.56 Å². The Kier molecular flexibility index (Phi) is 4.78. The zero-order chi connectivity index (χ0) is 17.2. The van der Waals surface area contributed by atoms with E-state index >= 15 is 0 Å². The number of nitrogens with one attached hydrogen (secondary N) is 1. The van der Waals surface area contributed by atoms with Crippen molar-refractivity contribution in [2.75, 3.05) is 21.9 Å². The number of benzene rings is 2. The van der Waals surface area contributed by atoms with Crippen LogP contribution in [0.4, 0.5) is 11.4 Å². The summed E-state index contributed by atoms with van der Waals surface area (Å²) in [5, 5.41) is 3.35. The molecule has 5 nitrogen and oxygen atoms in total. The van der Waals surface area contributed by atoms with Gasteiger partial charge in [-0.15, -0.1) is 0 Å². The Morgan fingerprint density at radius 1 is 1.12 bits per heavy atom.